The van der Waals surface area contributed by atoms with Gasteiger partial charge in [-0.2, -0.15) is 0 Å². The van der Waals surface area contributed by atoms with Crippen molar-refractivity contribution in [3.63, 3.8) is 0 Å². The summed E-state index contributed by atoms with van der Waals surface area (Å²) in [5, 5.41) is 12.8. The van der Waals surface area contributed by atoms with Gasteiger partial charge in [0.05, 0.1) is 0 Å². The molecule has 3 amide bonds. The molecule has 0 bridgehead atoms. The second-order valence-electron chi connectivity index (χ2n) is 10.8. The molecular weight excluding hydrogens is 406 g/mol. The number of hydrogen-bond acceptors (Lipinski definition) is 4. The van der Waals surface area contributed by atoms with Gasteiger partial charge in [-0.05, 0) is 69.1 Å². The van der Waals surface area contributed by atoms with E-state index in [4.69, 9.17) is 0 Å². The first-order valence-corrected chi connectivity index (χ1v) is 12.9. The molecule has 32 heavy (non-hydrogen) atoms. The number of rotatable bonds is 6. The summed E-state index contributed by atoms with van der Waals surface area (Å²) in [6.07, 6.45) is 12.2. The van der Waals surface area contributed by atoms with Crippen LogP contribution in [0.2, 0.25) is 0 Å². The van der Waals surface area contributed by atoms with Crippen LogP contribution in [-0.2, 0) is 14.4 Å². The van der Waals surface area contributed by atoms with E-state index >= 15 is 0 Å². The Morgan fingerprint density at radius 2 is 1.56 bits per heavy atom. The van der Waals surface area contributed by atoms with Crippen molar-refractivity contribution in [1.29, 1.82) is 0 Å². The van der Waals surface area contributed by atoms with Crippen LogP contribution in [0.5, 0.6) is 0 Å². The average Bonchev–Trinajstić information content (AvgIpc) is 3.60. The quantitative estimate of drug-likeness (QED) is 0.654. The van der Waals surface area contributed by atoms with Crippen LogP contribution in [0.15, 0.2) is 0 Å². The van der Waals surface area contributed by atoms with Crippen molar-refractivity contribution in [3.05, 3.63) is 0 Å². The number of carbonyl (C=O) groups is 3. The van der Waals surface area contributed by atoms with Crippen molar-refractivity contribution in [2.45, 2.75) is 82.7 Å². The summed E-state index contributed by atoms with van der Waals surface area (Å²) in [6.45, 7) is 2.27. The van der Waals surface area contributed by atoms with Crippen molar-refractivity contribution in [3.8, 4) is 0 Å². The van der Waals surface area contributed by atoms with Crippen LogP contribution in [0.25, 0.3) is 0 Å². The van der Waals surface area contributed by atoms with Crippen LogP contribution < -0.4 is 5.32 Å². The van der Waals surface area contributed by atoms with Crippen molar-refractivity contribution in [2.75, 3.05) is 33.2 Å². The van der Waals surface area contributed by atoms with E-state index in [1.54, 1.807) is 11.9 Å². The molecule has 4 rings (SSSR count). The number of aliphatic hydroxyl groups is 1. The van der Waals surface area contributed by atoms with E-state index in [0.717, 1.165) is 43.9 Å². The molecule has 7 nitrogen and oxygen atoms in total. The van der Waals surface area contributed by atoms with Crippen LogP contribution in [-0.4, -0.2) is 71.5 Å². The van der Waals surface area contributed by atoms with Crippen LogP contribution in [0.3, 0.4) is 0 Å². The molecule has 2 N–H and O–H groups in total. The predicted molar refractivity (Wildman–Crippen MR) is 122 cm³/mol. The number of nitrogens with one attached hydrogen (secondary N) is 1. The van der Waals surface area contributed by atoms with Gasteiger partial charge in [0, 0.05) is 45.6 Å². The maximum atomic E-state index is 13.1. The molecule has 7 heteroatoms. The monoisotopic (exact) mass is 447 g/mol. The standard InChI is InChI=1S/C25H41N3O4/c1-26-22(29)10-5-18-3-2-4-21(17-18)19-6-8-20(9-7-19)23(30)27-13-15-28(16-14-27)24(31)25(32)11-12-25/h18-21,32H,2-17H2,1H3,(H,26,29). The largest absolute Gasteiger partial charge is 0.380 e. The maximum absolute atomic E-state index is 13.1. The first kappa shape index (κ1) is 23.5. The summed E-state index contributed by atoms with van der Waals surface area (Å²) in [6, 6.07) is 0. The SMILES string of the molecule is CNC(=O)CCC1CCCC(C2CCC(C(=O)N3CCN(C(=O)C4(O)CC4)CC3)CC2)C1. The van der Waals surface area contributed by atoms with Gasteiger partial charge in [0.2, 0.25) is 11.8 Å². The molecule has 0 aromatic heterocycles. The third kappa shape index (κ3) is 5.46. The Hall–Kier alpha value is -1.63. The van der Waals surface area contributed by atoms with Crippen LogP contribution >= 0.6 is 0 Å². The molecule has 1 saturated heterocycles. The Labute approximate surface area is 192 Å². The van der Waals surface area contributed by atoms with E-state index in [0.29, 0.717) is 51.4 Å². The molecule has 2 unspecified atom stereocenters. The lowest BCUT2D eigenvalue weighted by Gasteiger charge is -2.40. The molecule has 0 aromatic rings. The highest BCUT2D eigenvalue weighted by molar-refractivity contribution is 5.88. The summed E-state index contributed by atoms with van der Waals surface area (Å²) in [4.78, 5) is 40.7. The first-order valence-electron chi connectivity index (χ1n) is 12.9. The summed E-state index contributed by atoms with van der Waals surface area (Å²) in [7, 11) is 1.71. The highest BCUT2D eigenvalue weighted by Crippen LogP contribution is 2.43. The lowest BCUT2D eigenvalue weighted by atomic mass is 9.68. The number of amides is 3. The molecule has 180 valence electrons. The van der Waals surface area contributed by atoms with Crippen molar-refractivity contribution < 1.29 is 19.5 Å². The van der Waals surface area contributed by atoms with Gasteiger partial charge in [0.15, 0.2) is 0 Å². The van der Waals surface area contributed by atoms with Gasteiger partial charge in [-0.25, -0.2) is 0 Å². The fraction of sp³-hybridized carbons (Fsp3) is 0.880. The molecule has 0 radical (unpaired) electrons. The van der Waals surface area contributed by atoms with E-state index in [1.807, 2.05) is 4.90 Å². The van der Waals surface area contributed by atoms with Gasteiger partial charge in [0.25, 0.3) is 5.91 Å². The zero-order valence-corrected chi connectivity index (χ0v) is 19.7. The van der Waals surface area contributed by atoms with Gasteiger partial charge in [0.1, 0.15) is 5.60 Å². The molecule has 3 saturated carbocycles. The zero-order chi connectivity index (χ0) is 22.7. The van der Waals surface area contributed by atoms with E-state index < -0.39 is 5.60 Å². The highest BCUT2D eigenvalue weighted by atomic mass is 16.3. The van der Waals surface area contributed by atoms with Gasteiger partial charge >= 0.3 is 0 Å². The second-order valence-corrected chi connectivity index (χ2v) is 10.8. The number of nitrogens with zero attached hydrogens (tertiary/aromatic N) is 2. The van der Waals surface area contributed by atoms with Crippen molar-refractivity contribution >= 4 is 17.7 Å². The molecule has 3 aliphatic carbocycles. The average molecular weight is 448 g/mol. The fourth-order valence-electron chi connectivity index (χ4n) is 6.34. The van der Waals surface area contributed by atoms with E-state index in [-0.39, 0.29) is 23.6 Å². The predicted octanol–water partition coefficient (Wildman–Crippen LogP) is 2.32. The minimum Gasteiger partial charge on any atom is -0.380 e. The maximum Gasteiger partial charge on any atom is 0.254 e. The lowest BCUT2D eigenvalue weighted by Crippen LogP contribution is -2.54. The third-order valence-electron chi connectivity index (χ3n) is 8.67. The van der Waals surface area contributed by atoms with Gasteiger partial charge in [-0.15, -0.1) is 0 Å². The van der Waals surface area contributed by atoms with Crippen LogP contribution in [0.4, 0.5) is 0 Å². The Morgan fingerprint density at radius 1 is 0.906 bits per heavy atom. The number of hydrogen-bond donors (Lipinski definition) is 2. The van der Waals surface area contributed by atoms with Gasteiger partial charge in [-0.3, -0.25) is 14.4 Å². The van der Waals surface area contributed by atoms with Gasteiger partial charge < -0.3 is 20.2 Å². The van der Waals surface area contributed by atoms with Crippen molar-refractivity contribution in [1.82, 2.24) is 15.1 Å². The molecule has 1 aliphatic heterocycles. The molecule has 4 fully saturated rings. The summed E-state index contributed by atoms with van der Waals surface area (Å²) >= 11 is 0. The number of carbonyl (C=O) groups excluding carboxylic acids is 3. The van der Waals surface area contributed by atoms with Crippen LogP contribution in [0.1, 0.15) is 77.0 Å². The second kappa shape index (κ2) is 10.1. The Morgan fingerprint density at radius 3 is 2.19 bits per heavy atom. The summed E-state index contributed by atoms with van der Waals surface area (Å²) in [5.74, 6) is 2.58. The molecule has 4 aliphatic rings. The molecule has 2 atom stereocenters. The molecule has 0 aromatic carbocycles. The molecule has 0 spiro atoms. The third-order valence-corrected chi connectivity index (χ3v) is 8.67. The smallest absolute Gasteiger partial charge is 0.254 e. The number of piperazine rings is 1. The summed E-state index contributed by atoms with van der Waals surface area (Å²) < 4.78 is 0. The normalized spacial score (nSPS) is 32.3. The van der Waals surface area contributed by atoms with Gasteiger partial charge in [-0.1, -0.05) is 19.3 Å². The fourth-order valence-corrected chi connectivity index (χ4v) is 6.34. The van der Waals surface area contributed by atoms with E-state index in [2.05, 4.69) is 5.32 Å². The molecule has 1 heterocycles. The Balaban J connectivity index is 1.19. The lowest BCUT2D eigenvalue weighted by molar-refractivity contribution is -0.148. The van der Waals surface area contributed by atoms with Crippen LogP contribution in [0, 0.1) is 23.7 Å². The molecular formula is C25H41N3O4. The minimum absolute atomic E-state index is 0.133. The summed E-state index contributed by atoms with van der Waals surface area (Å²) in [5.41, 5.74) is -1.11. The zero-order valence-electron chi connectivity index (χ0n) is 19.7. The highest BCUT2D eigenvalue weighted by Gasteiger charge is 2.50. The van der Waals surface area contributed by atoms with E-state index in [9.17, 15) is 19.5 Å². The Bertz CT molecular complexity index is 691. The topological polar surface area (TPSA) is 90.0 Å². The Kier molecular flexibility index (Phi) is 7.43. The minimum atomic E-state index is -1.11. The van der Waals surface area contributed by atoms with Crippen molar-refractivity contribution in [2.24, 2.45) is 23.7 Å². The van der Waals surface area contributed by atoms with E-state index in [1.165, 1.54) is 25.7 Å². The first-order chi connectivity index (χ1) is 15.4.